The van der Waals surface area contributed by atoms with E-state index in [0.717, 1.165) is 22.5 Å². The van der Waals surface area contributed by atoms with E-state index in [2.05, 4.69) is 5.10 Å². The minimum Gasteiger partial charge on any atom is -0.507 e. The predicted molar refractivity (Wildman–Crippen MR) is 169 cm³/mol. The first kappa shape index (κ1) is 29.0. The molecular formula is C34H24Cl2N2O6. The number of carbonyl (C=O) groups is 1. The molecule has 0 bridgehead atoms. The zero-order valence-corrected chi connectivity index (χ0v) is 24.8. The summed E-state index contributed by atoms with van der Waals surface area (Å²) >= 11 is 12.4. The molecule has 2 heterocycles. The molecule has 10 heteroatoms. The number of hydrogen-bond donors (Lipinski definition) is 1. The number of aromatic nitrogens is 2. The summed E-state index contributed by atoms with van der Waals surface area (Å²) in [5, 5.41) is 16.0. The first-order valence-corrected chi connectivity index (χ1v) is 14.3. The van der Waals surface area contributed by atoms with Crippen LogP contribution in [0.1, 0.15) is 11.3 Å². The Morgan fingerprint density at radius 3 is 2.43 bits per heavy atom. The summed E-state index contributed by atoms with van der Waals surface area (Å²) in [4.78, 5) is 25.3. The maximum absolute atomic E-state index is 12.7. The van der Waals surface area contributed by atoms with E-state index in [-0.39, 0.29) is 29.1 Å². The second-order valence-corrected chi connectivity index (χ2v) is 10.8. The first-order valence-electron chi connectivity index (χ1n) is 13.5. The smallest absolute Gasteiger partial charge is 0.344 e. The number of aryl methyl sites for hydroxylation is 1. The van der Waals surface area contributed by atoms with E-state index >= 15 is 0 Å². The number of ether oxygens (including phenoxy) is 2. The molecule has 0 aliphatic rings. The minimum atomic E-state index is -0.662. The molecule has 4 aromatic carbocycles. The number of esters is 1. The highest BCUT2D eigenvalue weighted by molar-refractivity contribution is 6.42. The second kappa shape index (κ2) is 12.3. The number of hydrogen-bond acceptors (Lipinski definition) is 7. The van der Waals surface area contributed by atoms with Crippen LogP contribution >= 0.6 is 23.2 Å². The number of aromatic hydroxyl groups is 1. The van der Waals surface area contributed by atoms with Crippen LogP contribution in [0.15, 0.2) is 106 Å². The molecule has 2 aromatic heterocycles. The SMILES string of the molecule is Cc1ccc(-n2nc(COC(=O)COc3cc(O)c4c(=O)cc(-c5ccccc5)oc4c3)cc2-c2ccc(Cl)c(Cl)c2)cc1. The van der Waals surface area contributed by atoms with E-state index in [1.165, 1.54) is 18.2 Å². The van der Waals surface area contributed by atoms with Crippen molar-refractivity contribution in [2.45, 2.75) is 13.5 Å². The predicted octanol–water partition coefficient (Wildman–Crippen LogP) is 7.76. The van der Waals surface area contributed by atoms with Gasteiger partial charge in [-0.2, -0.15) is 5.10 Å². The number of nitrogens with zero attached hydrogens (tertiary/aromatic N) is 2. The molecule has 0 unspecified atom stereocenters. The average molecular weight is 627 g/mol. The van der Waals surface area contributed by atoms with Crippen molar-refractivity contribution >= 4 is 40.1 Å². The van der Waals surface area contributed by atoms with Crippen LogP contribution in [0.3, 0.4) is 0 Å². The Morgan fingerprint density at radius 2 is 1.68 bits per heavy atom. The fourth-order valence-electron chi connectivity index (χ4n) is 4.65. The summed E-state index contributed by atoms with van der Waals surface area (Å²) in [6.45, 7) is 1.43. The molecule has 0 saturated heterocycles. The van der Waals surface area contributed by atoms with E-state index in [9.17, 15) is 14.7 Å². The van der Waals surface area contributed by atoms with Gasteiger partial charge in [-0.05, 0) is 37.3 Å². The number of fused-ring (bicyclic) bond motifs is 1. The molecule has 0 amide bonds. The van der Waals surface area contributed by atoms with E-state index < -0.39 is 18.0 Å². The lowest BCUT2D eigenvalue weighted by molar-refractivity contribution is -0.147. The number of phenolic OH excluding ortho intramolecular Hbond substituents is 1. The van der Waals surface area contributed by atoms with Crippen molar-refractivity contribution in [3.05, 3.63) is 129 Å². The van der Waals surface area contributed by atoms with Crippen LogP contribution in [0.4, 0.5) is 0 Å². The van der Waals surface area contributed by atoms with Crippen molar-refractivity contribution in [2.75, 3.05) is 6.61 Å². The highest BCUT2D eigenvalue weighted by Gasteiger charge is 2.17. The van der Waals surface area contributed by atoms with Gasteiger partial charge < -0.3 is 19.0 Å². The van der Waals surface area contributed by atoms with E-state index in [1.54, 1.807) is 35.0 Å². The Balaban J connectivity index is 1.18. The van der Waals surface area contributed by atoms with E-state index in [1.807, 2.05) is 55.5 Å². The molecular weight excluding hydrogens is 603 g/mol. The average Bonchev–Trinajstić information content (AvgIpc) is 3.45. The van der Waals surface area contributed by atoms with Crippen LogP contribution in [-0.4, -0.2) is 27.5 Å². The molecule has 220 valence electrons. The third-order valence-corrected chi connectivity index (χ3v) is 7.57. The fourth-order valence-corrected chi connectivity index (χ4v) is 4.95. The Labute approximate surface area is 261 Å². The van der Waals surface area contributed by atoms with Crippen LogP contribution in [0.2, 0.25) is 10.0 Å². The summed E-state index contributed by atoms with van der Waals surface area (Å²) in [6, 6.07) is 28.1. The molecule has 0 saturated carbocycles. The van der Waals surface area contributed by atoms with Crippen LogP contribution in [0.5, 0.6) is 11.5 Å². The third kappa shape index (κ3) is 6.17. The molecule has 6 rings (SSSR count). The van der Waals surface area contributed by atoms with Crippen molar-refractivity contribution in [1.82, 2.24) is 9.78 Å². The monoisotopic (exact) mass is 626 g/mol. The second-order valence-electron chi connectivity index (χ2n) is 10.0. The molecule has 1 N–H and O–H groups in total. The maximum Gasteiger partial charge on any atom is 0.344 e. The quantitative estimate of drug-likeness (QED) is 0.172. The van der Waals surface area contributed by atoms with Gasteiger partial charge >= 0.3 is 5.97 Å². The summed E-state index contributed by atoms with van der Waals surface area (Å²) < 4.78 is 18.7. The molecule has 44 heavy (non-hydrogen) atoms. The first-order chi connectivity index (χ1) is 21.2. The lowest BCUT2D eigenvalue weighted by Crippen LogP contribution is -2.15. The Bertz CT molecular complexity index is 2050. The molecule has 0 aliphatic heterocycles. The van der Waals surface area contributed by atoms with Gasteiger partial charge in [0.25, 0.3) is 0 Å². The number of carbonyl (C=O) groups excluding carboxylic acids is 1. The van der Waals surface area contributed by atoms with Crippen LogP contribution in [-0.2, 0) is 16.1 Å². The van der Waals surface area contributed by atoms with E-state index in [4.69, 9.17) is 37.1 Å². The van der Waals surface area contributed by atoms with Crippen molar-refractivity contribution in [3.63, 3.8) is 0 Å². The van der Waals surface area contributed by atoms with Crippen LogP contribution in [0, 0.1) is 6.92 Å². The van der Waals surface area contributed by atoms with Crippen LogP contribution in [0.25, 0.3) is 39.2 Å². The highest BCUT2D eigenvalue weighted by Crippen LogP contribution is 2.32. The van der Waals surface area contributed by atoms with Crippen molar-refractivity contribution in [3.8, 4) is 39.8 Å². The number of rotatable bonds is 8. The molecule has 0 spiro atoms. The molecule has 8 nitrogen and oxygen atoms in total. The lowest BCUT2D eigenvalue weighted by Gasteiger charge is -2.09. The third-order valence-electron chi connectivity index (χ3n) is 6.83. The summed E-state index contributed by atoms with van der Waals surface area (Å²) in [6.07, 6.45) is 0. The van der Waals surface area contributed by atoms with Gasteiger partial charge in [-0.15, -0.1) is 0 Å². The van der Waals surface area contributed by atoms with E-state index in [0.29, 0.717) is 27.1 Å². The van der Waals surface area contributed by atoms with Gasteiger partial charge in [-0.1, -0.05) is 77.3 Å². The van der Waals surface area contributed by atoms with Gasteiger partial charge in [0, 0.05) is 29.3 Å². The largest absolute Gasteiger partial charge is 0.507 e. The minimum absolute atomic E-state index is 0.0153. The van der Waals surface area contributed by atoms with Gasteiger partial charge in [-0.25, -0.2) is 9.48 Å². The zero-order valence-electron chi connectivity index (χ0n) is 23.3. The Kier molecular flexibility index (Phi) is 8.11. The lowest BCUT2D eigenvalue weighted by atomic mass is 10.1. The standard InChI is InChI=1S/C34H24Cl2N2O6/c1-20-7-10-24(11-8-20)38-28(22-9-12-26(35)27(36)13-22)14-23(37-38)18-43-33(41)19-42-25-15-29(39)34-30(40)17-31(44-32(34)16-25)21-5-3-2-4-6-21/h2-17,39H,18-19H2,1H3. The normalized spacial score (nSPS) is 11.1. The fraction of sp³-hybridized carbons (Fsp3) is 0.0882. The molecule has 0 fully saturated rings. The highest BCUT2D eigenvalue weighted by atomic mass is 35.5. The van der Waals surface area contributed by atoms with Crippen LogP contribution < -0.4 is 10.2 Å². The zero-order chi connectivity index (χ0) is 30.8. The Morgan fingerprint density at radius 1 is 0.909 bits per heavy atom. The van der Waals surface area contributed by atoms with Gasteiger partial charge in [-0.3, -0.25) is 4.79 Å². The van der Waals surface area contributed by atoms with Crippen molar-refractivity contribution in [1.29, 1.82) is 0 Å². The Hall–Kier alpha value is -5.05. The van der Waals surface area contributed by atoms with Gasteiger partial charge in [0.2, 0.25) is 0 Å². The maximum atomic E-state index is 12.7. The summed E-state index contributed by atoms with van der Waals surface area (Å²) in [7, 11) is 0. The van der Waals surface area contributed by atoms with Gasteiger partial charge in [0.05, 0.1) is 21.4 Å². The van der Waals surface area contributed by atoms with Gasteiger partial charge in [0.1, 0.15) is 40.5 Å². The number of phenols is 1. The molecule has 0 atom stereocenters. The van der Waals surface area contributed by atoms with Gasteiger partial charge in [0.15, 0.2) is 12.0 Å². The molecule has 0 aliphatic carbocycles. The van der Waals surface area contributed by atoms with Crippen molar-refractivity contribution < 1.29 is 23.8 Å². The molecule has 0 radical (unpaired) electrons. The van der Waals surface area contributed by atoms with Crippen molar-refractivity contribution in [2.24, 2.45) is 0 Å². The number of benzene rings is 4. The summed E-state index contributed by atoms with van der Waals surface area (Å²) in [5.74, 6) is -0.518. The molecule has 6 aromatic rings. The topological polar surface area (TPSA) is 104 Å². The summed E-state index contributed by atoms with van der Waals surface area (Å²) in [5.41, 5.74) is 4.35. The number of halogens is 2.